The van der Waals surface area contributed by atoms with E-state index < -0.39 is 5.79 Å². The SMILES string of the molecule is COc1ccc(C2(O)CCc3ccccc3O2)cc1O. The number of hydrogen-bond donors (Lipinski definition) is 2. The van der Waals surface area contributed by atoms with Crippen LogP contribution in [0.5, 0.6) is 17.2 Å². The number of hydrogen-bond acceptors (Lipinski definition) is 4. The monoisotopic (exact) mass is 272 g/mol. The average Bonchev–Trinajstić information content (AvgIpc) is 2.47. The fourth-order valence-corrected chi connectivity index (χ4v) is 2.48. The van der Waals surface area contributed by atoms with Crippen molar-refractivity contribution in [2.75, 3.05) is 7.11 Å². The van der Waals surface area contributed by atoms with Gasteiger partial charge in [-0.1, -0.05) is 18.2 Å². The molecule has 4 heteroatoms. The molecular formula is C16H16O4. The summed E-state index contributed by atoms with van der Waals surface area (Å²) in [5.41, 5.74) is 1.60. The van der Waals surface area contributed by atoms with Crippen molar-refractivity contribution in [1.29, 1.82) is 0 Å². The number of phenols is 1. The van der Waals surface area contributed by atoms with Gasteiger partial charge in [0.1, 0.15) is 5.75 Å². The van der Waals surface area contributed by atoms with Gasteiger partial charge in [-0.15, -0.1) is 0 Å². The molecule has 1 aliphatic heterocycles. The normalized spacial score (nSPS) is 20.9. The first-order valence-electron chi connectivity index (χ1n) is 6.49. The second-order valence-electron chi connectivity index (χ2n) is 4.88. The summed E-state index contributed by atoms with van der Waals surface area (Å²) in [6, 6.07) is 12.4. The van der Waals surface area contributed by atoms with Crippen molar-refractivity contribution in [2.45, 2.75) is 18.6 Å². The summed E-state index contributed by atoms with van der Waals surface area (Å²) in [5, 5.41) is 20.5. The van der Waals surface area contributed by atoms with Gasteiger partial charge in [-0.05, 0) is 36.2 Å². The predicted molar refractivity (Wildman–Crippen MR) is 73.9 cm³/mol. The van der Waals surface area contributed by atoms with Crippen LogP contribution in [0.2, 0.25) is 0 Å². The summed E-state index contributed by atoms with van der Waals surface area (Å²) in [6.07, 6.45) is 1.16. The molecule has 1 heterocycles. The maximum Gasteiger partial charge on any atom is 0.235 e. The molecule has 0 fully saturated rings. The van der Waals surface area contributed by atoms with Gasteiger partial charge in [-0.2, -0.15) is 0 Å². The van der Waals surface area contributed by atoms with Gasteiger partial charge in [0, 0.05) is 12.0 Å². The van der Waals surface area contributed by atoms with Gasteiger partial charge in [0.15, 0.2) is 11.5 Å². The second-order valence-corrected chi connectivity index (χ2v) is 4.88. The molecule has 2 N–H and O–H groups in total. The minimum absolute atomic E-state index is 0.0131. The molecule has 0 spiro atoms. The van der Waals surface area contributed by atoms with Crippen molar-refractivity contribution in [3.05, 3.63) is 53.6 Å². The number of fused-ring (bicyclic) bond motifs is 1. The maximum atomic E-state index is 10.7. The number of phenolic OH excluding ortho intramolecular Hbond substituents is 1. The van der Waals surface area contributed by atoms with E-state index >= 15 is 0 Å². The third-order valence-electron chi connectivity index (χ3n) is 3.61. The van der Waals surface area contributed by atoms with Gasteiger partial charge in [0.2, 0.25) is 5.79 Å². The lowest BCUT2D eigenvalue weighted by Crippen LogP contribution is -2.36. The predicted octanol–water partition coefficient (Wildman–Crippen LogP) is 2.57. The number of methoxy groups -OCH3 is 1. The van der Waals surface area contributed by atoms with Crippen LogP contribution < -0.4 is 9.47 Å². The second kappa shape index (κ2) is 4.72. The van der Waals surface area contributed by atoms with E-state index in [0.717, 1.165) is 12.0 Å². The summed E-state index contributed by atoms with van der Waals surface area (Å²) in [4.78, 5) is 0. The average molecular weight is 272 g/mol. The van der Waals surface area contributed by atoms with E-state index in [0.29, 0.717) is 23.5 Å². The first-order chi connectivity index (χ1) is 9.62. The lowest BCUT2D eigenvalue weighted by atomic mass is 9.94. The van der Waals surface area contributed by atoms with Crippen molar-refractivity contribution in [1.82, 2.24) is 0 Å². The van der Waals surface area contributed by atoms with E-state index in [9.17, 15) is 10.2 Å². The van der Waals surface area contributed by atoms with Crippen LogP contribution in [0.25, 0.3) is 0 Å². The smallest absolute Gasteiger partial charge is 0.235 e. The van der Waals surface area contributed by atoms with Crippen LogP contribution >= 0.6 is 0 Å². The number of benzene rings is 2. The molecule has 1 aliphatic rings. The van der Waals surface area contributed by atoms with Crippen molar-refractivity contribution < 1.29 is 19.7 Å². The molecule has 0 saturated carbocycles. The molecule has 4 nitrogen and oxygen atoms in total. The molecule has 1 unspecified atom stereocenters. The molecular weight excluding hydrogens is 256 g/mol. The van der Waals surface area contributed by atoms with E-state index in [1.807, 2.05) is 24.3 Å². The third kappa shape index (κ3) is 2.08. The standard InChI is InChI=1S/C16H16O4/c1-19-15-7-6-12(10-13(15)17)16(18)9-8-11-4-2-3-5-14(11)20-16/h2-7,10,17-18H,8-9H2,1H3. The third-order valence-corrected chi connectivity index (χ3v) is 3.61. The van der Waals surface area contributed by atoms with Crippen molar-refractivity contribution in [2.24, 2.45) is 0 Å². The molecule has 0 bridgehead atoms. The molecule has 0 aromatic heterocycles. The Hall–Kier alpha value is -2.20. The topological polar surface area (TPSA) is 58.9 Å². The molecule has 0 amide bonds. The van der Waals surface area contributed by atoms with Crippen LogP contribution in [0, 0.1) is 0 Å². The molecule has 20 heavy (non-hydrogen) atoms. The van der Waals surface area contributed by atoms with E-state index in [1.165, 1.54) is 13.2 Å². The van der Waals surface area contributed by atoms with Crippen LogP contribution in [0.15, 0.2) is 42.5 Å². The molecule has 3 rings (SSSR count). The molecule has 2 aromatic carbocycles. The minimum atomic E-state index is -1.42. The lowest BCUT2D eigenvalue weighted by molar-refractivity contribution is -0.158. The van der Waals surface area contributed by atoms with Crippen LogP contribution in [0.4, 0.5) is 0 Å². The Bertz CT molecular complexity index is 638. The van der Waals surface area contributed by atoms with E-state index in [4.69, 9.17) is 9.47 Å². The lowest BCUT2D eigenvalue weighted by Gasteiger charge is -2.34. The van der Waals surface area contributed by atoms with Crippen LogP contribution in [-0.4, -0.2) is 17.3 Å². The molecule has 104 valence electrons. The number of aliphatic hydroxyl groups is 1. The van der Waals surface area contributed by atoms with Gasteiger partial charge in [-0.25, -0.2) is 0 Å². The fourth-order valence-electron chi connectivity index (χ4n) is 2.48. The van der Waals surface area contributed by atoms with Gasteiger partial charge in [0.25, 0.3) is 0 Å². The summed E-state index contributed by atoms with van der Waals surface area (Å²) >= 11 is 0. The highest BCUT2D eigenvalue weighted by atomic mass is 16.6. The minimum Gasteiger partial charge on any atom is -0.504 e. The number of para-hydroxylation sites is 1. The van der Waals surface area contributed by atoms with Crippen molar-refractivity contribution in [3.63, 3.8) is 0 Å². The van der Waals surface area contributed by atoms with Gasteiger partial charge in [0.05, 0.1) is 7.11 Å². The molecule has 1 atom stereocenters. The molecule has 0 saturated heterocycles. The molecule has 0 radical (unpaired) electrons. The van der Waals surface area contributed by atoms with Gasteiger partial charge in [-0.3, -0.25) is 0 Å². The van der Waals surface area contributed by atoms with Crippen LogP contribution in [0.1, 0.15) is 17.5 Å². The highest BCUT2D eigenvalue weighted by Gasteiger charge is 2.36. The summed E-state index contributed by atoms with van der Waals surface area (Å²) in [6.45, 7) is 0. The Balaban J connectivity index is 1.96. The summed E-state index contributed by atoms with van der Waals surface area (Å²) < 4.78 is 10.7. The first-order valence-corrected chi connectivity index (χ1v) is 6.49. The highest BCUT2D eigenvalue weighted by Crippen LogP contribution is 2.40. The van der Waals surface area contributed by atoms with E-state index in [2.05, 4.69) is 0 Å². The summed E-state index contributed by atoms with van der Waals surface area (Å²) in [7, 11) is 1.48. The highest BCUT2D eigenvalue weighted by molar-refractivity contribution is 5.44. The van der Waals surface area contributed by atoms with E-state index in [-0.39, 0.29) is 5.75 Å². The zero-order chi connectivity index (χ0) is 14.2. The quantitative estimate of drug-likeness (QED) is 0.882. The maximum absolute atomic E-state index is 10.7. The zero-order valence-electron chi connectivity index (χ0n) is 11.2. The van der Waals surface area contributed by atoms with Crippen LogP contribution in [0.3, 0.4) is 0 Å². The molecule has 0 aliphatic carbocycles. The van der Waals surface area contributed by atoms with Gasteiger partial charge < -0.3 is 19.7 Å². The largest absolute Gasteiger partial charge is 0.504 e. The first kappa shape index (κ1) is 12.8. The number of rotatable bonds is 2. The Morgan fingerprint density at radius 3 is 2.75 bits per heavy atom. The Labute approximate surface area is 117 Å². The number of aryl methyl sites for hydroxylation is 1. The number of aromatic hydroxyl groups is 1. The van der Waals surface area contributed by atoms with Gasteiger partial charge >= 0.3 is 0 Å². The van der Waals surface area contributed by atoms with Crippen LogP contribution in [-0.2, 0) is 12.2 Å². The summed E-state index contributed by atoms with van der Waals surface area (Å²) in [5.74, 6) is -0.385. The molecule has 2 aromatic rings. The van der Waals surface area contributed by atoms with Crippen molar-refractivity contribution >= 4 is 0 Å². The zero-order valence-corrected chi connectivity index (χ0v) is 11.2. The number of ether oxygens (including phenoxy) is 2. The van der Waals surface area contributed by atoms with Crippen molar-refractivity contribution in [3.8, 4) is 17.2 Å². The Morgan fingerprint density at radius 1 is 1.20 bits per heavy atom. The fraction of sp³-hybridized carbons (Fsp3) is 0.250. The Kier molecular flexibility index (Phi) is 3.03. The Morgan fingerprint density at radius 2 is 2.00 bits per heavy atom. The van der Waals surface area contributed by atoms with E-state index in [1.54, 1.807) is 12.1 Å².